The molecule has 0 bridgehead atoms. The summed E-state index contributed by atoms with van der Waals surface area (Å²) in [4.78, 5) is 0. The summed E-state index contributed by atoms with van der Waals surface area (Å²) in [6.07, 6.45) is 2.81. The molecule has 1 aliphatic heterocycles. The topological polar surface area (TPSA) is 56.5 Å². The number of hydrogen-bond donors (Lipinski definition) is 2. The summed E-state index contributed by atoms with van der Waals surface area (Å²) in [7, 11) is 0. The fourth-order valence-electron chi connectivity index (χ4n) is 3.17. The summed E-state index contributed by atoms with van der Waals surface area (Å²) in [5, 5.41) is 0. The van der Waals surface area contributed by atoms with E-state index in [0.29, 0.717) is 6.61 Å². The molecule has 4 nitrogen and oxygen atoms in total. The van der Waals surface area contributed by atoms with Gasteiger partial charge in [-0.25, -0.2) is 0 Å². The van der Waals surface area contributed by atoms with Crippen LogP contribution < -0.4 is 16.0 Å². The van der Waals surface area contributed by atoms with Crippen LogP contribution in [0.5, 0.6) is 5.75 Å². The Kier molecular flexibility index (Phi) is 5.02. The van der Waals surface area contributed by atoms with Gasteiger partial charge in [0.1, 0.15) is 5.75 Å². The third kappa shape index (κ3) is 2.68. The molecule has 1 aromatic carbocycles. The lowest BCUT2D eigenvalue weighted by Gasteiger charge is -2.39. The Hall–Kier alpha value is -1.10. The standard InChI is InChI=1S/C16H26N2O2/c1-4-16(5-2,20-6-3)15(18-17)13-7-8-14-12(11-13)9-10-19-14/h7-8,11,15,18H,4-6,9-10,17H2,1-3H3. The molecule has 0 fully saturated rings. The minimum absolute atomic E-state index is 0.0108. The Morgan fingerprint density at radius 2 is 2.10 bits per heavy atom. The summed E-state index contributed by atoms with van der Waals surface area (Å²) in [6, 6.07) is 6.33. The molecule has 0 aromatic heterocycles. The molecule has 1 aliphatic rings. The Bertz CT molecular complexity index is 444. The third-order valence-electron chi connectivity index (χ3n) is 4.37. The predicted octanol–water partition coefficient (Wildman–Crippen LogP) is 2.72. The molecule has 20 heavy (non-hydrogen) atoms. The second-order valence-electron chi connectivity index (χ2n) is 5.27. The van der Waals surface area contributed by atoms with Crippen LogP contribution in [0.15, 0.2) is 18.2 Å². The van der Waals surface area contributed by atoms with Crippen molar-refractivity contribution in [2.24, 2.45) is 5.84 Å². The summed E-state index contributed by atoms with van der Waals surface area (Å²) >= 11 is 0. The zero-order valence-corrected chi connectivity index (χ0v) is 12.7. The molecule has 1 unspecified atom stereocenters. The first-order chi connectivity index (χ1) is 9.70. The lowest BCUT2D eigenvalue weighted by molar-refractivity contribution is -0.0734. The molecular weight excluding hydrogens is 252 g/mol. The van der Waals surface area contributed by atoms with Crippen molar-refractivity contribution in [2.75, 3.05) is 13.2 Å². The second-order valence-corrected chi connectivity index (χ2v) is 5.27. The molecule has 0 radical (unpaired) electrons. The van der Waals surface area contributed by atoms with Gasteiger partial charge in [-0.05, 0) is 37.0 Å². The van der Waals surface area contributed by atoms with Crippen LogP contribution >= 0.6 is 0 Å². The Morgan fingerprint density at radius 3 is 2.70 bits per heavy atom. The summed E-state index contributed by atoms with van der Waals surface area (Å²) in [5.74, 6) is 6.86. The average Bonchev–Trinajstić information content (AvgIpc) is 2.94. The Balaban J connectivity index is 2.35. The molecule has 112 valence electrons. The molecule has 0 saturated carbocycles. The van der Waals surface area contributed by atoms with Gasteiger partial charge in [-0.2, -0.15) is 0 Å². The fraction of sp³-hybridized carbons (Fsp3) is 0.625. The smallest absolute Gasteiger partial charge is 0.122 e. The Morgan fingerprint density at radius 1 is 1.35 bits per heavy atom. The third-order valence-corrected chi connectivity index (χ3v) is 4.37. The van der Waals surface area contributed by atoms with Crippen LogP contribution in [0.3, 0.4) is 0 Å². The molecule has 0 saturated heterocycles. The van der Waals surface area contributed by atoms with Gasteiger partial charge in [0.25, 0.3) is 0 Å². The molecule has 3 N–H and O–H groups in total. The zero-order valence-electron chi connectivity index (χ0n) is 12.7. The van der Waals surface area contributed by atoms with Gasteiger partial charge in [-0.3, -0.25) is 11.3 Å². The maximum atomic E-state index is 6.08. The molecule has 0 amide bonds. The number of benzene rings is 1. The number of nitrogens with two attached hydrogens (primary N) is 1. The van der Waals surface area contributed by atoms with Crippen molar-refractivity contribution in [2.45, 2.75) is 51.7 Å². The number of hydrazine groups is 1. The van der Waals surface area contributed by atoms with Gasteiger partial charge < -0.3 is 9.47 Å². The van der Waals surface area contributed by atoms with Gasteiger partial charge in [-0.1, -0.05) is 26.0 Å². The highest BCUT2D eigenvalue weighted by molar-refractivity contribution is 5.41. The van der Waals surface area contributed by atoms with E-state index < -0.39 is 0 Å². The molecular formula is C16H26N2O2. The van der Waals surface area contributed by atoms with E-state index in [1.165, 1.54) is 11.1 Å². The lowest BCUT2D eigenvalue weighted by atomic mass is 9.83. The fourth-order valence-corrected chi connectivity index (χ4v) is 3.17. The van der Waals surface area contributed by atoms with Gasteiger partial charge in [0.15, 0.2) is 0 Å². The van der Waals surface area contributed by atoms with Crippen molar-refractivity contribution in [1.82, 2.24) is 5.43 Å². The summed E-state index contributed by atoms with van der Waals surface area (Å²) in [5.41, 5.74) is 5.14. The lowest BCUT2D eigenvalue weighted by Crippen LogP contribution is -2.48. The number of hydrogen-bond acceptors (Lipinski definition) is 4. The van der Waals surface area contributed by atoms with E-state index in [2.05, 4.69) is 31.4 Å². The van der Waals surface area contributed by atoms with Crippen LogP contribution in [0.25, 0.3) is 0 Å². The van der Waals surface area contributed by atoms with Crippen LogP contribution in [0.2, 0.25) is 0 Å². The highest BCUT2D eigenvalue weighted by Gasteiger charge is 2.37. The van der Waals surface area contributed by atoms with Crippen LogP contribution in [-0.4, -0.2) is 18.8 Å². The van der Waals surface area contributed by atoms with E-state index in [4.69, 9.17) is 15.3 Å². The maximum absolute atomic E-state index is 6.08. The van der Waals surface area contributed by atoms with Crippen LogP contribution in [0.4, 0.5) is 0 Å². The summed E-state index contributed by atoms with van der Waals surface area (Å²) < 4.78 is 11.7. The van der Waals surface area contributed by atoms with Crippen molar-refractivity contribution < 1.29 is 9.47 Å². The van der Waals surface area contributed by atoms with E-state index in [0.717, 1.165) is 31.6 Å². The zero-order chi connectivity index (χ0) is 14.6. The van der Waals surface area contributed by atoms with E-state index in [1.807, 2.05) is 13.0 Å². The van der Waals surface area contributed by atoms with Gasteiger partial charge in [-0.15, -0.1) is 0 Å². The number of ether oxygens (including phenoxy) is 2. The van der Waals surface area contributed by atoms with E-state index in [1.54, 1.807) is 0 Å². The van der Waals surface area contributed by atoms with E-state index in [9.17, 15) is 0 Å². The number of rotatable bonds is 7. The highest BCUT2D eigenvalue weighted by Crippen LogP contribution is 2.37. The predicted molar refractivity (Wildman–Crippen MR) is 80.6 cm³/mol. The van der Waals surface area contributed by atoms with Crippen molar-refractivity contribution in [1.29, 1.82) is 0 Å². The minimum Gasteiger partial charge on any atom is -0.493 e. The minimum atomic E-state index is -0.267. The van der Waals surface area contributed by atoms with Crippen molar-refractivity contribution >= 4 is 0 Å². The van der Waals surface area contributed by atoms with Gasteiger partial charge in [0.2, 0.25) is 0 Å². The van der Waals surface area contributed by atoms with Gasteiger partial charge in [0.05, 0.1) is 18.2 Å². The first kappa shape index (κ1) is 15.3. The van der Waals surface area contributed by atoms with Crippen molar-refractivity contribution in [3.8, 4) is 5.75 Å². The quantitative estimate of drug-likeness (QED) is 0.595. The largest absolute Gasteiger partial charge is 0.493 e. The molecule has 1 atom stereocenters. The molecule has 4 heteroatoms. The SMILES string of the molecule is CCOC(CC)(CC)C(NN)c1ccc2c(c1)CCO2. The monoisotopic (exact) mass is 278 g/mol. The highest BCUT2D eigenvalue weighted by atomic mass is 16.5. The van der Waals surface area contributed by atoms with Gasteiger partial charge in [0, 0.05) is 13.0 Å². The van der Waals surface area contributed by atoms with E-state index in [-0.39, 0.29) is 11.6 Å². The second kappa shape index (κ2) is 6.57. The molecule has 0 spiro atoms. The van der Waals surface area contributed by atoms with E-state index >= 15 is 0 Å². The number of nitrogens with one attached hydrogen (secondary N) is 1. The maximum Gasteiger partial charge on any atom is 0.122 e. The Labute approximate surface area is 121 Å². The average molecular weight is 278 g/mol. The van der Waals surface area contributed by atoms with Crippen molar-refractivity contribution in [3.05, 3.63) is 29.3 Å². The van der Waals surface area contributed by atoms with Crippen LogP contribution in [-0.2, 0) is 11.2 Å². The van der Waals surface area contributed by atoms with Crippen molar-refractivity contribution in [3.63, 3.8) is 0 Å². The normalized spacial score (nSPS) is 15.8. The molecule has 0 aliphatic carbocycles. The molecule has 1 aromatic rings. The molecule has 2 rings (SSSR count). The molecule has 1 heterocycles. The van der Waals surface area contributed by atoms with Crippen LogP contribution in [0, 0.1) is 0 Å². The van der Waals surface area contributed by atoms with Crippen LogP contribution in [0.1, 0.15) is 50.8 Å². The number of fused-ring (bicyclic) bond motifs is 1. The first-order valence-corrected chi connectivity index (χ1v) is 7.56. The first-order valence-electron chi connectivity index (χ1n) is 7.56. The summed E-state index contributed by atoms with van der Waals surface area (Å²) in [6.45, 7) is 7.80. The van der Waals surface area contributed by atoms with Gasteiger partial charge >= 0.3 is 0 Å².